The Kier molecular flexibility index (Phi) is 13.1. The van der Waals surface area contributed by atoms with Gasteiger partial charge in [-0.1, -0.05) is 20.8 Å². The van der Waals surface area contributed by atoms with Crippen LogP contribution in [0.2, 0.25) is 0 Å². The summed E-state index contributed by atoms with van der Waals surface area (Å²) in [5, 5.41) is 0. The molecule has 0 aliphatic rings. The molecular formula is C10H25NO. The lowest BCUT2D eigenvalue weighted by Crippen LogP contribution is -2.25. The minimum Gasteiger partial charge on any atom is -0.377 e. The van der Waals surface area contributed by atoms with E-state index in [1.165, 1.54) is 0 Å². The molecule has 0 aliphatic carbocycles. The average Bonchev–Trinajstić information content (AvgIpc) is 2.03. The third-order valence-electron chi connectivity index (χ3n) is 1.23. The molecule has 0 amide bonds. The maximum atomic E-state index is 5.46. The fourth-order valence-corrected chi connectivity index (χ4v) is 0.886. The number of rotatable bonds is 5. The van der Waals surface area contributed by atoms with E-state index in [4.69, 9.17) is 4.74 Å². The largest absolute Gasteiger partial charge is 0.377 e. The summed E-state index contributed by atoms with van der Waals surface area (Å²) in [6.45, 7) is 10.1. The molecule has 0 aromatic heterocycles. The van der Waals surface area contributed by atoms with Crippen LogP contribution in [0.4, 0.5) is 0 Å². The summed E-state index contributed by atoms with van der Waals surface area (Å²) in [5.74, 6) is 0. The van der Waals surface area contributed by atoms with E-state index in [1.807, 2.05) is 13.8 Å². The van der Waals surface area contributed by atoms with E-state index >= 15 is 0 Å². The number of likely N-dealkylation sites (N-methyl/N-ethyl adjacent to an activating group) is 1. The number of hydrogen-bond donors (Lipinski definition) is 0. The van der Waals surface area contributed by atoms with Crippen LogP contribution in [0.15, 0.2) is 0 Å². The average molecular weight is 175 g/mol. The van der Waals surface area contributed by atoms with Gasteiger partial charge >= 0.3 is 0 Å². The number of hydrogen-bond acceptors (Lipinski definition) is 2. The van der Waals surface area contributed by atoms with Gasteiger partial charge < -0.3 is 9.64 Å². The first kappa shape index (κ1) is 14.4. The zero-order valence-electron chi connectivity index (χ0n) is 9.55. The van der Waals surface area contributed by atoms with Crippen molar-refractivity contribution < 1.29 is 4.74 Å². The topological polar surface area (TPSA) is 12.5 Å². The molecule has 0 aromatic rings. The minimum absolute atomic E-state index is 0.370. The normalized spacial score (nSPS) is 12.2. The van der Waals surface area contributed by atoms with E-state index < -0.39 is 0 Å². The molecule has 0 saturated carbocycles. The van der Waals surface area contributed by atoms with E-state index in [9.17, 15) is 0 Å². The first-order chi connectivity index (χ1) is 5.66. The number of nitrogens with zero attached hydrogens (tertiary/aromatic N) is 1. The van der Waals surface area contributed by atoms with Crippen LogP contribution in [0.1, 0.15) is 34.1 Å². The lowest BCUT2D eigenvalue weighted by Gasteiger charge is -2.16. The summed E-state index contributed by atoms with van der Waals surface area (Å²) >= 11 is 0. The van der Waals surface area contributed by atoms with Gasteiger partial charge in [0, 0.05) is 13.2 Å². The second-order valence-corrected chi connectivity index (χ2v) is 2.94. The summed E-state index contributed by atoms with van der Waals surface area (Å²) in [5.41, 5.74) is 0. The Morgan fingerprint density at radius 1 is 1.25 bits per heavy atom. The van der Waals surface area contributed by atoms with Gasteiger partial charge in [0.15, 0.2) is 0 Å². The summed E-state index contributed by atoms with van der Waals surface area (Å²) < 4.78 is 5.46. The quantitative estimate of drug-likeness (QED) is 0.636. The molecule has 2 heteroatoms. The Bertz CT molecular complexity index is 74.2. The minimum atomic E-state index is 0.370. The molecule has 0 saturated heterocycles. The molecule has 0 spiro atoms. The summed E-state index contributed by atoms with van der Waals surface area (Å²) in [4.78, 5) is 2.14. The van der Waals surface area contributed by atoms with Crippen molar-refractivity contribution in [1.82, 2.24) is 4.90 Å². The summed E-state index contributed by atoms with van der Waals surface area (Å²) in [6, 6.07) is 0. The van der Waals surface area contributed by atoms with Crippen molar-refractivity contribution in [2.75, 3.05) is 27.2 Å². The maximum Gasteiger partial charge on any atom is 0.0673 e. The monoisotopic (exact) mass is 175 g/mol. The molecule has 0 aliphatic heterocycles. The maximum absolute atomic E-state index is 5.46. The highest BCUT2D eigenvalue weighted by atomic mass is 16.5. The van der Waals surface area contributed by atoms with Crippen LogP contribution in [-0.2, 0) is 4.74 Å². The molecule has 12 heavy (non-hydrogen) atoms. The molecule has 0 bridgehead atoms. The first-order valence-electron chi connectivity index (χ1n) is 4.93. The Hall–Kier alpha value is -0.0800. The third-order valence-corrected chi connectivity index (χ3v) is 1.23. The SMILES string of the molecule is CC.CCCOC(C)CN(C)C. The van der Waals surface area contributed by atoms with Gasteiger partial charge in [0.2, 0.25) is 0 Å². The van der Waals surface area contributed by atoms with Crippen molar-refractivity contribution in [3.05, 3.63) is 0 Å². The zero-order chi connectivity index (χ0) is 9.98. The van der Waals surface area contributed by atoms with Gasteiger partial charge in [0.05, 0.1) is 6.10 Å². The molecule has 0 N–H and O–H groups in total. The molecule has 0 rings (SSSR count). The van der Waals surface area contributed by atoms with Crippen LogP contribution in [0, 0.1) is 0 Å². The fourth-order valence-electron chi connectivity index (χ4n) is 0.886. The fraction of sp³-hybridized carbons (Fsp3) is 1.00. The van der Waals surface area contributed by atoms with Crippen molar-refractivity contribution >= 4 is 0 Å². The molecule has 0 radical (unpaired) electrons. The van der Waals surface area contributed by atoms with Crippen molar-refractivity contribution in [2.45, 2.75) is 40.2 Å². The van der Waals surface area contributed by atoms with Crippen molar-refractivity contribution in [2.24, 2.45) is 0 Å². The molecular weight excluding hydrogens is 150 g/mol. The molecule has 0 aromatic carbocycles. The number of ether oxygens (including phenoxy) is 1. The smallest absolute Gasteiger partial charge is 0.0673 e. The van der Waals surface area contributed by atoms with Crippen LogP contribution in [0.5, 0.6) is 0 Å². The first-order valence-corrected chi connectivity index (χ1v) is 4.93. The van der Waals surface area contributed by atoms with Crippen LogP contribution >= 0.6 is 0 Å². The Balaban J connectivity index is 0. The van der Waals surface area contributed by atoms with Gasteiger partial charge in [-0.15, -0.1) is 0 Å². The van der Waals surface area contributed by atoms with Crippen molar-refractivity contribution in [3.63, 3.8) is 0 Å². The summed E-state index contributed by atoms with van der Waals surface area (Å²) in [6.07, 6.45) is 1.48. The zero-order valence-corrected chi connectivity index (χ0v) is 9.55. The van der Waals surface area contributed by atoms with Crippen LogP contribution in [0.25, 0.3) is 0 Å². The van der Waals surface area contributed by atoms with Gasteiger partial charge in [-0.25, -0.2) is 0 Å². The van der Waals surface area contributed by atoms with E-state index in [-0.39, 0.29) is 0 Å². The molecule has 1 unspecified atom stereocenters. The Labute approximate surface area is 77.9 Å². The second-order valence-electron chi connectivity index (χ2n) is 2.94. The van der Waals surface area contributed by atoms with Gasteiger partial charge in [-0.3, -0.25) is 0 Å². The van der Waals surface area contributed by atoms with Crippen LogP contribution in [-0.4, -0.2) is 38.3 Å². The Morgan fingerprint density at radius 3 is 2.08 bits per heavy atom. The Morgan fingerprint density at radius 2 is 1.75 bits per heavy atom. The van der Waals surface area contributed by atoms with E-state index in [0.29, 0.717) is 6.10 Å². The lowest BCUT2D eigenvalue weighted by atomic mass is 10.4. The molecule has 76 valence electrons. The molecule has 1 atom stereocenters. The standard InChI is InChI=1S/C8H19NO.C2H6/c1-5-6-10-8(2)7-9(3)4;1-2/h8H,5-7H2,1-4H3;1-2H3. The molecule has 0 heterocycles. The summed E-state index contributed by atoms with van der Waals surface area (Å²) in [7, 11) is 4.12. The molecule has 0 fully saturated rings. The van der Waals surface area contributed by atoms with Gasteiger partial charge in [-0.05, 0) is 27.4 Å². The molecule has 2 nitrogen and oxygen atoms in total. The van der Waals surface area contributed by atoms with Crippen molar-refractivity contribution in [1.29, 1.82) is 0 Å². The van der Waals surface area contributed by atoms with E-state index in [1.54, 1.807) is 0 Å². The van der Waals surface area contributed by atoms with E-state index in [2.05, 4.69) is 32.8 Å². The van der Waals surface area contributed by atoms with Gasteiger partial charge in [0.25, 0.3) is 0 Å². The van der Waals surface area contributed by atoms with E-state index in [0.717, 1.165) is 19.6 Å². The predicted octanol–water partition coefficient (Wildman–Crippen LogP) is 2.39. The highest BCUT2D eigenvalue weighted by Crippen LogP contribution is 1.93. The third kappa shape index (κ3) is 12.6. The van der Waals surface area contributed by atoms with Crippen LogP contribution < -0.4 is 0 Å². The second kappa shape index (κ2) is 10.9. The van der Waals surface area contributed by atoms with Crippen LogP contribution in [0.3, 0.4) is 0 Å². The van der Waals surface area contributed by atoms with Crippen molar-refractivity contribution in [3.8, 4) is 0 Å². The van der Waals surface area contributed by atoms with Gasteiger partial charge in [-0.2, -0.15) is 0 Å². The highest BCUT2D eigenvalue weighted by molar-refractivity contribution is 4.52. The lowest BCUT2D eigenvalue weighted by molar-refractivity contribution is 0.0487. The predicted molar refractivity (Wildman–Crippen MR) is 55.6 cm³/mol. The highest BCUT2D eigenvalue weighted by Gasteiger charge is 2.01. The van der Waals surface area contributed by atoms with Gasteiger partial charge in [0.1, 0.15) is 0 Å².